The number of ether oxygens (including phenoxy) is 3. The highest BCUT2D eigenvalue weighted by Gasteiger charge is 2.33. The van der Waals surface area contributed by atoms with Crippen molar-refractivity contribution in [1.29, 1.82) is 0 Å². The molecule has 0 aliphatic carbocycles. The average molecular weight is 398 g/mol. The Morgan fingerprint density at radius 3 is 2.34 bits per heavy atom. The standard InChI is InChI=1S/C21H22N2O6/c1-12(24)14-5-6-19-18(7-14)23(21(26)13(2)29-19)11-20(25)22-15-8-16(27-3)10-17(9-15)28-4/h5-10,13H,11H2,1-4H3,(H,22,25). The van der Waals surface area contributed by atoms with Gasteiger partial charge in [0.2, 0.25) is 5.91 Å². The Balaban J connectivity index is 1.85. The highest BCUT2D eigenvalue weighted by atomic mass is 16.5. The van der Waals surface area contributed by atoms with Gasteiger partial charge in [-0.2, -0.15) is 0 Å². The highest BCUT2D eigenvalue weighted by molar-refractivity contribution is 6.07. The van der Waals surface area contributed by atoms with Gasteiger partial charge in [-0.25, -0.2) is 0 Å². The third-order valence-corrected chi connectivity index (χ3v) is 4.51. The van der Waals surface area contributed by atoms with E-state index < -0.39 is 12.0 Å². The first-order chi connectivity index (χ1) is 13.8. The highest BCUT2D eigenvalue weighted by Crippen LogP contribution is 2.35. The van der Waals surface area contributed by atoms with Crippen LogP contribution in [-0.2, 0) is 9.59 Å². The van der Waals surface area contributed by atoms with Crippen LogP contribution in [0.2, 0.25) is 0 Å². The fourth-order valence-electron chi connectivity index (χ4n) is 3.01. The summed E-state index contributed by atoms with van der Waals surface area (Å²) < 4.78 is 16.0. The summed E-state index contributed by atoms with van der Waals surface area (Å²) in [6.07, 6.45) is -0.740. The number of rotatable bonds is 6. The van der Waals surface area contributed by atoms with E-state index >= 15 is 0 Å². The van der Waals surface area contributed by atoms with Crippen LogP contribution in [0.25, 0.3) is 0 Å². The van der Waals surface area contributed by atoms with Gasteiger partial charge in [0, 0.05) is 29.4 Å². The summed E-state index contributed by atoms with van der Waals surface area (Å²) in [6, 6.07) is 9.79. The van der Waals surface area contributed by atoms with Gasteiger partial charge in [-0.1, -0.05) is 0 Å². The molecule has 1 aliphatic heterocycles. The van der Waals surface area contributed by atoms with Crippen LogP contribution in [-0.4, -0.2) is 44.5 Å². The van der Waals surface area contributed by atoms with E-state index in [2.05, 4.69) is 5.32 Å². The topological polar surface area (TPSA) is 94.2 Å². The lowest BCUT2D eigenvalue weighted by molar-refractivity contribution is -0.127. The summed E-state index contributed by atoms with van der Waals surface area (Å²) in [6.45, 7) is 2.81. The van der Waals surface area contributed by atoms with Crippen molar-refractivity contribution < 1.29 is 28.6 Å². The van der Waals surface area contributed by atoms with Crippen molar-refractivity contribution in [3.05, 3.63) is 42.0 Å². The van der Waals surface area contributed by atoms with Crippen LogP contribution in [0.3, 0.4) is 0 Å². The van der Waals surface area contributed by atoms with Crippen LogP contribution >= 0.6 is 0 Å². The minimum absolute atomic E-state index is 0.147. The molecule has 8 heteroatoms. The lowest BCUT2D eigenvalue weighted by Crippen LogP contribution is -2.47. The van der Waals surface area contributed by atoms with Crippen LogP contribution in [0.1, 0.15) is 24.2 Å². The van der Waals surface area contributed by atoms with Crippen molar-refractivity contribution in [1.82, 2.24) is 0 Å². The monoisotopic (exact) mass is 398 g/mol. The molecule has 1 unspecified atom stereocenters. The SMILES string of the molecule is COc1cc(NC(=O)CN2C(=O)C(C)Oc3ccc(C(C)=O)cc32)cc(OC)c1. The number of nitrogens with zero attached hydrogens (tertiary/aromatic N) is 1. The van der Waals surface area contributed by atoms with Crippen LogP contribution in [0.4, 0.5) is 11.4 Å². The first-order valence-electron chi connectivity index (χ1n) is 8.98. The summed E-state index contributed by atoms with van der Waals surface area (Å²) in [4.78, 5) is 38.4. The zero-order chi connectivity index (χ0) is 21.1. The summed E-state index contributed by atoms with van der Waals surface area (Å²) in [5, 5.41) is 2.74. The van der Waals surface area contributed by atoms with Crippen LogP contribution in [0, 0.1) is 0 Å². The summed E-state index contributed by atoms with van der Waals surface area (Å²) in [5.41, 5.74) is 1.29. The molecule has 2 aromatic carbocycles. The first kappa shape index (κ1) is 20.2. The molecule has 0 bridgehead atoms. The molecule has 8 nitrogen and oxygen atoms in total. The summed E-state index contributed by atoms with van der Waals surface area (Å²) in [5.74, 6) is 0.558. The molecule has 0 spiro atoms. The van der Waals surface area contributed by atoms with E-state index in [9.17, 15) is 14.4 Å². The molecule has 0 saturated carbocycles. The molecule has 0 fully saturated rings. The summed E-state index contributed by atoms with van der Waals surface area (Å²) >= 11 is 0. The number of hydrogen-bond donors (Lipinski definition) is 1. The van der Waals surface area contributed by atoms with E-state index in [1.54, 1.807) is 43.3 Å². The molecule has 29 heavy (non-hydrogen) atoms. The Hall–Kier alpha value is -3.55. The molecule has 3 rings (SSSR count). The number of nitrogens with one attached hydrogen (secondary N) is 1. The number of amides is 2. The quantitative estimate of drug-likeness (QED) is 0.752. The number of fused-ring (bicyclic) bond motifs is 1. The number of hydrogen-bond acceptors (Lipinski definition) is 6. The van der Waals surface area contributed by atoms with Gasteiger partial charge in [-0.3, -0.25) is 19.3 Å². The second kappa shape index (κ2) is 8.22. The van der Waals surface area contributed by atoms with Gasteiger partial charge in [0.15, 0.2) is 11.9 Å². The van der Waals surface area contributed by atoms with E-state index in [4.69, 9.17) is 14.2 Å². The maximum Gasteiger partial charge on any atom is 0.268 e. The second-order valence-corrected chi connectivity index (χ2v) is 6.57. The second-order valence-electron chi connectivity index (χ2n) is 6.57. The lowest BCUT2D eigenvalue weighted by atomic mass is 10.1. The molecular weight excluding hydrogens is 376 g/mol. The van der Waals surface area contributed by atoms with Crippen molar-refractivity contribution in [2.24, 2.45) is 0 Å². The fourth-order valence-corrected chi connectivity index (χ4v) is 3.01. The maximum absolute atomic E-state index is 12.7. The molecule has 152 valence electrons. The molecule has 2 amide bonds. The molecular formula is C21H22N2O6. The Bertz CT molecular complexity index is 949. The minimum atomic E-state index is -0.740. The number of carbonyl (C=O) groups excluding carboxylic acids is 3. The van der Waals surface area contributed by atoms with Crippen molar-refractivity contribution in [2.45, 2.75) is 20.0 Å². The molecule has 0 aromatic heterocycles. The first-order valence-corrected chi connectivity index (χ1v) is 8.98. The smallest absolute Gasteiger partial charge is 0.268 e. The van der Waals surface area contributed by atoms with Crippen LogP contribution in [0.5, 0.6) is 17.2 Å². The van der Waals surface area contributed by atoms with Gasteiger partial charge in [-0.15, -0.1) is 0 Å². The van der Waals surface area contributed by atoms with Crippen molar-refractivity contribution in [2.75, 3.05) is 31.0 Å². The largest absolute Gasteiger partial charge is 0.497 e. The number of methoxy groups -OCH3 is 2. The maximum atomic E-state index is 12.7. The molecule has 1 heterocycles. The van der Waals surface area contributed by atoms with E-state index in [1.807, 2.05) is 0 Å². The van der Waals surface area contributed by atoms with Gasteiger partial charge in [0.05, 0.1) is 19.9 Å². The van der Waals surface area contributed by atoms with Crippen molar-refractivity contribution >= 4 is 29.0 Å². The van der Waals surface area contributed by atoms with Gasteiger partial charge in [0.1, 0.15) is 23.8 Å². The van der Waals surface area contributed by atoms with E-state index in [0.717, 1.165) is 0 Å². The Kier molecular flexibility index (Phi) is 5.72. The molecule has 1 atom stereocenters. The normalized spacial score (nSPS) is 15.2. The number of benzene rings is 2. The number of anilines is 2. The van der Waals surface area contributed by atoms with Gasteiger partial charge < -0.3 is 19.5 Å². The summed E-state index contributed by atoms with van der Waals surface area (Å²) in [7, 11) is 3.02. The fraction of sp³-hybridized carbons (Fsp3) is 0.286. The van der Waals surface area contributed by atoms with Crippen LogP contribution in [0.15, 0.2) is 36.4 Å². The predicted octanol–water partition coefficient (Wildman–Crippen LogP) is 2.66. The van der Waals surface area contributed by atoms with Gasteiger partial charge in [0.25, 0.3) is 5.91 Å². The Labute approximate surface area is 168 Å². The Morgan fingerprint density at radius 1 is 1.10 bits per heavy atom. The Morgan fingerprint density at radius 2 is 1.76 bits per heavy atom. The van der Waals surface area contributed by atoms with E-state index in [-0.39, 0.29) is 18.2 Å². The number of carbonyl (C=O) groups is 3. The molecule has 0 radical (unpaired) electrons. The minimum Gasteiger partial charge on any atom is -0.497 e. The molecule has 1 N–H and O–H groups in total. The van der Waals surface area contributed by atoms with Crippen LogP contribution < -0.4 is 24.4 Å². The third kappa shape index (κ3) is 4.31. The van der Waals surface area contributed by atoms with Crippen molar-refractivity contribution in [3.8, 4) is 17.2 Å². The zero-order valence-corrected chi connectivity index (χ0v) is 16.6. The zero-order valence-electron chi connectivity index (χ0n) is 16.6. The van der Waals surface area contributed by atoms with Crippen molar-refractivity contribution in [3.63, 3.8) is 0 Å². The molecule has 2 aromatic rings. The van der Waals surface area contributed by atoms with E-state index in [1.165, 1.54) is 26.0 Å². The van der Waals surface area contributed by atoms with Gasteiger partial charge in [-0.05, 0) is 32.0 Å². The lowest BCUT2D eigenvalue weighted by Gasteiger charge is -2.32. The third-order valence-electron chi connectivity index (χ3n) is 4.51. The molecule has 0 saturated heterocycles. The van der Waals surface area contributed by atoms with Gasteiger partial charge >= 0.3 is 0 Å². The number of Topliss-reactive ketones (excluding diaryl/α,β-unsaturated/α-hetero) is 1. The molecule has 1 aliphatic rings. The number of ketones is 1. The predicted molar refractivity (Wildman–Crippen MR) is 107 cm³/mol. The average Bonchev–Trinajstić information content (AvgIpc) is 2.70. The van der Waals surface area contributed by atoms with E-state index in [0.29, 0.717) is 34.2 Å².